The summed E-state index contributed by atoms with van der Waals surface area (Å²) >= 11 is 0. The molecule has 1 fully saturated rings. The number of oxazole rings is 1. The lowest BCUT2D eigenvalue weighted by atomic mass is 9.97. The second-order valence-corrected chi connectivity index (χ2v) is 11.2. The summed E-state index contributed by atoms with van der Waals surface area (Å²) in [5.74, 6) is 0.199. The van der Waals surface area contributed by atoms with Crippen molar-refractivity contribution >= 4 is 40.6 Å². The van der Waals surface area contributed by atoms with Crippen LogP contribution < -0.4 is 20.7 Å². The first kappa shape index (κ1) is 27.7. The van der Waals surface area contributed by atoms with E-state index in [-0.39, 0.29) is 24.0 Å². The van der Waals surface area contributed by atoms with E-state index in [1.165, 1.54) is 0 Å². The van der Waals surface area contributed by atoms with Gasteiger partial charge in [0.15, 0.2) is 17.1 Å². The number of carbonyl (C=O) groups is 2. The maximum atomic E-state index is 12.2. The van der Waals surface area contributed by atoms with Gasteiger partial charge >= 0.3 is 6.09 Å². The second kappa shape index (κ2) is 10.7. The van der Waals surface area contributed by atoms with Crippen LogP contribution in [0.5, 0.6) is 5.75 Å². The van der Waals surface area contributed by atoms with Crippen molar-refractivity contribution in [2.75, 3.05) is 23.3 Å². The highest BCUT2D eigenvalue weighted by atomic mass is 16.6. The minimum Gasteiger partial charge on any atom is -0.489 e. The minimum absolute atomic E-state index is 0.0218. The van der Waals surface area contributed by atoms with Crippen molar-refractivity contribution < 1.29 is 23.5 Å². The Morgan fingerprint density at radius 3 is 2.65 bits per heavy atom. The molecule has 3 N–H and O–H groups in total. The average molecular weight is 587 g/mol. The van der Waals surface area contributed by atoms with Gasteiger partial charge in [-0.15, -0.1) is 0 Å². The number of hydrogen-bond acceptors (Lipinski definition) is 12. The Bertz CT molecular complexity index is 1810. The largest absolute Gasteiger partial charge is 0.489 e. The smallest absolute Gasteiger partial charge is 0.435 e. The molecule has 15 heteroatoms. The number of nitrogens with two attached hydrogens (primary N) is 1. The van der Waals surface area contributed by atoms with Crippen LogP contribution in [0.2, 0.25) is 0 Å². The standard InChI is InChI=1S/C28H30N10O5/c1-28(2,3)43-27(40)38-11-16(8-32-38)15-41-19-5-6-20-22(7-19)42-26(35-20)37-12-17(13-37)21-10-30-25(23(34-21)24(29)39)33-18-9-31-36(4)14-18/h5-11,14,17H,12-13,15H2,1-4H3,(H2,29,39)(H,30,33). The number of amides is 1. The van der Waals surface area contributed by atoms with Crippen LogP contribution >= 0.6 is 0 Å². The summed E-state index contributed by atoms with van der Waals surface area (Å²) in [4.78, 5) is 39.8. The summed E-state index contributed by atoms with van der Waals surface area (Å²) in [6.07, 6.45) is 7.57. The maximum Gasteiger partial charge on any atom is 0.435 e. The number of anilines is 3. The summed E-state index contributed by atoms with van der Waals surface area (Å²) in [6, 6.07) is 5.85. The molecule has 15 nitrogen and oxygen atoms in total. The Balaban J connectivity index is 1.07. The van der Waals surface area contributed by atoms with Crippen molar-refractivity contribution in [2.24, 2.45) is 12.8 Å². The lowest BCUT2D eigenvalue weighted by molar-refractivity contribution is 0.0514. The maximum absolute atomic E-state index is 12.2. The normalized spacial score (nSPS) is 13.6. The summed E-state index contributed by atoms with van der Waals surface area (Å²) in [6.45, 7) is 6.75. The second-order valence-electron chi connectivity index (χ2n) is 11.2. The quantitative estimate of drug-likeness (QED) is 0.271. The van der Waals surface area contributed by atoms with Gasteiger partial charge < -0.3 is 29.8 Å². The van der Waals surface area contributed by atoms with Crippen molar-refractivity contribution in [2.45, 2.75) is 38.9 Å². The van der Waals surface area contributed by atoms with Crippen molar-refractivity contribution in [1.29, 1.82) is 0 Å². The van der Waals surface area contributed by atoms with Gasteiger partial charge in [-0.3, -0.25) is 9.48 Å². The molecule has 1 amide bonds. The molecule has 0 aliphatic carbocycles. The third-order valence-corrected chi connectivity index (χ3v) is 6.53. The van der Waals surface area contributed by atoms with E-state index in [0.717, 1.165) is 4.68 Å². The van der Waals surface area contributed by atoms with Crippen molar-refractivity contribution in [3.05, 3.63) is 66.1 Å². The fourth-order valence-electron chi connectivity index (χ4n) is 4.43. The summed E-state index contributed by atoms with van der Waals surface area (Å²) in [7, 11) is 1.79. The highest BCUT2D eigenvalue weighted by Crippen LogP contribution is 2.34. The number of benzene rings is 1. The van der Waals surface area contributed by atoms with Crippen LogP contribution in [-0.2, 0) is 18.4 Å². The number of primary amides is 1. The predicted molar refractivity (Wildman–Crippen MR) is 154 cm³/mol. The molecule has 43 heavy (non-hydrogen) atoms. The van der Waals surface area contributed by atoms with Crippen molar-refractivity contribution in [3.63, 3.8) is 0 Å². The van der Waals surface area contributed by atoms with E-state index in [1.54, 1.807) is 75.6 Å². The third kappa shape index (κ3) is 6.10. The molecule has 4 aromatic heterocycles. The third-order valence-electron chi connectivity index (χ3n) is 6.53. The zero-order valence-corrected chi connectivity index (χ0v) is 24.0. The van der Waals surface area contributed by atoms with Crippen molar-refractivity contribution in [3.8, 4) is 5.75 Å². The van der Waals surface area contributed by atoms with E-state index >= 15 is 0 Å². The Kier molecular flexibility index (Phi) is 6.91. The first-order valence-electron chi connectivity index (χ1n) is 13.5. The van der Waals surface area contributed by atoms with Crippen LogP contribution in [-0.4, -0.2) is 65.2 Å². The number of aryl methyl sites for hydroxylation is 1. The molecule has 0 bridgehead atoms. The number of nitrogens with zero attached hydrogens (tertiary/aromatic N) is 8. The number of aromatic nitrogens is 7. The molecule has 0 unspecified atom stereocenters. The first-order valence-corrected chi connectivity index (χ1v) is 13.5. The van der Waals surface area contributed by atoms with E-state index in [9.17, 15) is 9.59 Å². The highest BCUT2D eigenvalue weighted by Gasteiger charge is 2.33. The molecule has 6 rings (SSSR count). The number of fused-ring (bicyclic) bond motifs is 1. The Morgan fingerprint density at radius 1 is 1.12 bits per heavy atom. The lowest BCUT2D eigenvalue weighted by Gasteiger charge is -2.37. The molecule has 1 aliphatic heterocycles. The molecule has 222 valence electrons. The fraction of sp³-hybridized carbons (Fsp3) is 0.321. The van der Waals surface area contributed by atoms with Gasteiger partial charge in [0.1, 0.15) is 23.5 Å². The number of carbonyl (C=O) groups excluding carboxylic acids is 2. The van der Waals surface area contributed by atoms with Gasteiger partial charge in [0.2, 0.25) is 0 Å². The molecule has 1 aromatic carbocycles. The topological polar surface area (TPSA) is 181 Å². The molecule has 0 radical (unpaired) electrons. The van der Waals surface area contributed by atoms with Crippen LogP contribution in [0.25, 0.3) is 11.1 Å². The highest BCUT2D eigenvalue weighted by molar-refractivity contribution is 5.96. The SMILES string of the molecule is Cn1cc(Nc2ncc(C3CN(c4nc5ccc(OCc6cnn(C(=O)OC(C)(C)C)c6)cc5o4)C3)nc2C(N)=O)cn1. The molecule has 1 aliphatic rings. The van der Waals surface area contributed by atoms with E-state index < -0.39 is 17.6 Å². The molecule has 5 heterocycles. The number of rotatable bonds is 8. The van der Waals surface area contributed by atoms with Gasteiger partial charge in [-0.25, -0.2) is 14.8 Å². The van der Waals surface area contributed by atoms with Gasteiger partial charge in [-0.05, 0) is 32.9 Å². The van der Waals surface area contributed by atoms with Crippen molar-refractivity contribution in [1.82, 2.24) is 34.5 Å². The average Bonchev–Trinajstić information content (AvgIpc) is 3.66. The molecule has 5 aromatic rings. The van der Waals surface area contributed by atoms with Crippen LogP contribution in [0.4, 0.5) is 22.3 Å². The Labute approximate surface area is 245 Å². The van der Waals surface area contributed by atoms with Crippen LogP contribution in [0.1, 0.15) is 48.4 Å². The van der Waals surface area contributed by atoms with Crippen LogP contribution in [0.3, 0.4) is 0 Å². The molecular weight excluding hydrogens is 556 g/mol. The minimum atomic E-state index is -0.675. The number of ether oxygens (including phenoxy) is 2. The molecule has 0 atom stereocenters. The molecule has 0 spiro atoms. The van der Waals surface area contributed by atoms with Gasteiger partial charge in [-0.2, -0.15) is 19.9 Å². The van der Waals surface area contributed by atoms with E-state index in [1.807, 2.05) is 11.0 Å². The Morgan fingerprint density at radius 2 is 1.93 bits per heavy atom. The van der Waals surface area contributed by atoms with Crippen LogP contribution in [0.15, 0.2) is 53.6 Å². The predicted octanol–water partition coefficient (Wildman–Crippen LogP) is 3.36. The van der Waals surface area contributed by atoms with E-state index in [2.05, 4.69) is 30.5 Å². The van der Waals surface area contributed by atoms with Gasteiger partial charge in [0, 0.05) is 50.1 Å². The first-order chi connectivity index (χ1) is 20.5. The van der Waals surface area contributed by atoms with E-state index in [4.69, 9.17) is 19.6 Å². The Hall–Kier alpha value is -5.47. The number of nitrogens with one attached hydrogen (secondary N) is 1. The summed E-state index contributed by atoms with van der Waals surface area (Å²) < 4.78 is 20.0. The molecule has 0 saturated carbocycles. The lowest BCUT2D eigenvalue weighted by Crippen LogP contribution is -2.45. The molecular formula is C28H30N10O5. The number of hydrogen-bond donors (Lipinski definition) is 2. The van der Waals surface area contributed by atoms with E-state index in [0.29, 0.717) is 52.9 Å². The van der Waals surface area contributed by atoms with Gasteiger partial charge in [-0.1, -0.05) is 0 Å². The van der Waals surface area contributed by atoms with Gasteiger partial charge in [0.25, 0.3) is 11.9 Å². The van der Waals surface area contributed by atoms with Gasteiger partial charge in [0.05, 0.1) is 30.0 Å². The summed E-state index contributed by atoms with van der Waals surface area (Å²) in [5, 5.41) is 11.2. The summed E-state index contributed by atoms with van der Waals surface area (Å²) in [5.41, 5.74) is 8.33. The monoisotopic (exact) mass is 586 g/mol. The van der Waals surface area contributed by atoms with Crippen LogP contribution in [0, 0.1) is 0 Å². The molecule has 1 saturated heterocycles. The zero-order chi connectivity index (χ0) is 30.3. The fourth-order valence-corrected chi connectivity index (χ4v) is 4.43. The zero-order valence-electron chi connectivity index (χ0n) is 24.0.